The summed E-state index contributed by atoms with van der Waals surface area (Å²) >= 11 is 0. The van der Waals surface area contributed by atoms with Crippen molar-refractivity contribution in [1.82, 2.24) is 9.29 Å². The van der Waals surface area contributed by atoms with Gasteiger partial charge in [-0.2, -0.15) is 4.31 Å². The van der Waals surface area contributed by atoms with E-state index in [0.29, 0.717) is 29.7 Å². The third-order valence-corrected chi connectivity index (χ3v) is 7.31. The minimum Gasteiger partial charge on any atom is -0.360 e. The number of anilines is 1. The Balaban J connectivity index is 1.59. The number of nitrogens with one attached hydrogen (secondary N) is 2. The van der Waals surface area contributed by atoms with E-state index < -0.39 is 20.9 Å². The first-order chi connectivity index (χ1) is 14.9. The van der Waals surface area contributed by atoms with Crippen molar-refractivity contribution in [2.75, 3.05) is 18.4 Å². The Morgan fingerprint density at radius 2 is 1.81 bits per heavy atom. The van der Waals surface area contributed by atoms with Gasteiger partial charge in [0.2, 0.25) is 10.0 Å². The van der Waals surface area contributed by atoms with Gasteiger partial charge in [0.1, 0.15) is 0 Å². The number of hydrogen-bond acceptors (Lipinski definition) is 5. The molecule has 0 bridgehead atoms. The molecule has 2 N–H and O–H groups in total. The highest BCUT2D eigenvalue weighted by Gasteiger charge is 2.25. The molecule has 1 amide bonds. The summed E-state index contributed by atoms with van der Waals surface area (Å²) < 4.78 is 27.6. The number of carbonyl (C=O) groups excluding carboxylic acids is 1. The summed E-state index contributed by atoms with van der Waals surface area (Å²) in [5.41, 5.74) is 1.04. The van der Waals surface area contributed by atoms with Crippen molar-refractivity contribution in [2.45, 2.75) is 30.6 Å². The highest BCUT2D eigenvalue weighted by Crippen LogP contribution is 2.26. The summed E-state index contributed by atoms with van der Waals surface area (Å²) in [6.07, 6.45) is 5.18. The van der Waals surface area contributed by atoms with Crippen molar-refractivity contribution in [3.63, 3.8) is 0 Å². The van der Waals surface area contributed by atoms with Crippen molar-refractivity contribution in [1.29, 1.82) is 0 Å². The van der Waals surface area contributed by atoms with Crippen molar-refractivity contribution < 1.29 is 18.1 Å². The molecule has 0 radical (unpaired) electrons. The number of nitro benzene ring substituents is 1. The molecule has 1 aromatic heterocycles. The van der Waals surface area contributed by atoms with Crippen molar-refractivity contribution in [3.8, 4) is 0 Å². The first kappa shape index (κ1) is 21.0. The zero-order valence-electron chi connectivity index (χ0n) is 16.7. The number of H-pyrrole nitrogens is 1. The first-order valence-electron chi connectivity index (χ1n) is 10.0. The average Bonchev–Trinajstić information content (AvgIpc) is 2.97. The van der Waals surface area contributed by atoms with Crippen molar-refractivity contribution in [2.24, 2.45) is 0 Å². The molecule has 10 heteroatoms. The Labute approximate surface area is 179 Å². The Kier molecular flexibility index (Phi) is 5.75. The molecule has 0 spiro atoms. The highest BCUT2D eigenvalue weighted by molar-refractivity contribution is 7.89. The van der Waals surface area contributed by atoms with E-state index in [1.165, 1.54) is 34.8 Å². The standard InChI is InChI=1S/C21H22N4O5S/c26-21(19-14-22-20-9-8-16(25(27)28)13-18(19)20)23-15-6-5-7-17(12-15)31(29,30)24-10-3-1-2-4-11-24/h5-9,12-14,22H,1-4,10-11H2,(H,23,26). The molecule has 31 heavy (non-hydrogen) atoms. The monoisotopic (exact) mass is 442 g/mol. The molecule has 1 fully saturated rings. The van der Waals surface area contributed by atoms with Crippen LogP contribution in [0, 0.1) is 10.1 Å². The Morgan fingerprint density at radius 3 is 2.52 bits per heavy atom. The number of carbonyl (C=O) groups is 1. The summed E-state index contributed by atoms with van der Waals surface area (Å²) in [7, 11) is -3.65. The third-order valence-electron chi connectivity index (χ3n) is 5.42. The van der Waals surface area contributed by atoms with Gasteiger partial charge in [-0.25, -0.2) is 8.42 Å². The van der Waals surface area contributed by atoms with Crippen molar-refractivity contribution >= 4 is 38.2 Å². The van der Waals surface area contributed by atoms with E-state index in [-0.39, 0.29) is 16.1 Å². The first-order valence-corrected chi connectivity index (χ1v) is 11.5. The molecule has 0 unspecified atom stereocenters. The Morgan fingerprint density at radius 1 is 1.06 bits per heavy atom. The molecule has 0 atom stereocenters. The number of amides is 1. The summed E-state index contributed by atoms with van der Waals surface area (Å²) in [4.78, 5) is 26.4. The van der Waals surface area contributed by atoms with Gasteiger partial charge in [-0.05, 0) is 37.1 Å². The summed E-state index contributed by atoms with van der Waals surface area (Å²) in [5.74, 6) is -0.490. The van der Waals surface area contributed by atoms with Crippen LogP contribution in [0.15, 0.2) is 53.6 Å². The lowest BCUT2D eigenvalue weighted by Crippen LogP contribution is -2.32. The molecule has 4 rings (SSSR count). The molecular weight excluding hydrogens is 420 g/mol. The summed E-state index contributed by atoms with van der Waals surface area (Å²) in [6, 6.07) is 10.4. The van der Waals surface area contributed by atoms with Crippen LogP contribution in [-0.2, 0) is 10.0 Å². The van der Waals surface area contributed by atoms with E-state index in [4.69, 9.17) is 0 Å². The fourth-order valence-electron chi connectivity index (χ4n) is 3.77. The average molecular weight is 442 g/mol. The zero-order valence-corrected chi connectivity index (χ0v) is 17.5. The van der Waals surface area contributed by atoms with Gasteiger partial charge >= 0.3 is 0 Å². The van der Waals surface area contributed by atoms with Crippen LogP contribution in [0.1, 0.15) is 36.0 Å². The van der Waals surface area contributed by atoms with Gasteiger partial charge in [-0.3, -0.25) is 14.9 Å². The van der Waals surface area contributed by atoms with Gasteiger partial charge in [0.25, 0.3) is 11.6 Å². The van der Waals surface area contributed by atoms with E-state index in [9.17, 15) is 23.3 Å². The number of non-ortho nitro benzene ring substituents is 1. The topological polar surface area (TPSA) is 125 Å². The number of nitro groups is 1. The van der Waals surface area contributed by atoms with Crippen LogP contribution in [0.3, 0.4) is 0 Å². The van der Waals surface area contributed by atoms with Crippen LogP contribution in [0.25, 0.3) is 10.9 Å². The lowest BCUT2D eigenvalue weighted by molar-refractivity contribution is -0.384. The number of hydrogen-bond donors (Lipinski definition) is 2. The largest absolute Gasteiger partial charge is 0.360 e. The van der Waals surface area contributed by atoms with Crippen LogP contribution >= 0.6 is 0 Å². The molecule has 0 saturated carbocycles. The predicted molar refractivity (Wildman–Crippen MR) is 117 cm³/mol. The van der Waals surface area contributed by atoms with Crippen LogP contribution in [0.5, 0.6) is 0 Å². The predicted octanol–water partition coefficient (Wildman–Crippen LogP) is 3.89. The number of sulfonamides is 1. The van der Waals surface area contributed by atoms with Crippen LogP contribution in [0.4, 0.5) is 11.4 Å². The zero-order chi connectivity index (χ0) is 22.0. The van der Waals surface area contributed by atoms with E-state index in [1.807, 2.05) is 0 Å². The Hall–Kier alpha value is -3.24. The van der Waals surface area contributed by atoms with E-state index in [1.54, 1.807) is 18.2 Å². The molecule has 1 saturated heterocycles. The second-order valence-electron chi connectivity index (χ2n) is 7.49. The van der Waals surface area contributed by atoms with Gasteiger partial charge in [0.15, 0.2) is 0 Å². The van der Waals surface area contributed by atoms with Crippen LogP contribution < -0.4 is 5.32 Å². The van der Waals surface area contributed by atoms with Crippen molar-refractivity contribution in [3.05, 3.63) is 64.3 Å². The number of fused-ring (bicyclic) bond motifs is 1. The lowest BCUT2D eigenvalue weighted by Gasteiger charge is -2.20. The maximum Gasteiger partial charge on any atom is 0.270 e. The van der Waals surface area contributed by atoms with Gasteiger partial charge in [-0.1, -0.05) is 18.9 Å². The van der Waals surface area contributed by atoms with Crippen LogP contribution in [0.2, 0.25) is 0 Å². The molecule has 1 aliphatic heterocycles. The van der Waals surface area contributed by atoms with Gasteiger partial charge < -0.3 is 10.3 Å². The van der Waals surface area contributed by atoms with Crippen LogP contribution in [-0.4, -0.2) is 41.6 Å². The third kappa shape index (κ3) is 4.30. The lowest BCUT2D eigenvalue weighted by atomic mass is 10.1. The fraction of sp³-hybridized carbons (Fsp3) is 0.286. The molecule has 2 heterocycles. The molecule has 162 valence electrons. The quantitative estimate of drug-likeness (QED) is 0.458. The van der Waals surface area contributed by atoms with Gasteiger partial charge in [-0.15, -0.1) is 0 Å². The van der Waals surface area contributed by atoms with E-state index in [0.717, 1.165) is 25.7 Å². The number of nitrogens with zero attached hydrogens (tertiary/aromatic N) is 2. The number of rotatable bonds is 5. The second-order valence-corrected chi connectivity index (χ2v) is 9.43. The minimum absolute atomic E-state index is 0.119. The summed E-state index contributed by atoms with van der Waals surface area (Å²) in [6.45, 7) is 0.986. The fourth-order valence-corrected chi connectivity index (χ4v) is 5.34. The molecule has 9 nitrogen and oxygen atoms in total. The minimum atomic E-state index is -3.65. The maximum atomic E-state index is 13.0. The molecule has 3 aromatic rings. The highest BCUT2D eigenvalue weighted by atomic mass is 32.2. The SMILES string of the molecule is O=C(Nc1cccc(S(=O)(=O)N2CCCCCC2)c1)c1c[nH]c2ccc([N+](=O)[O-])cc12. The van der Waals surface area contributed by atoms with E-state index in [2.05, 4.69) is 10.3 Å². The Bertz CT molecular complexity index is 1240. The molecule has 0 aliphatic carbocycles. The number of benzene rings is 2. The van der Waals surface area contributed by atoms with E-state index >= 15 is 0 Å². The normalized spacial score (nSPS) is 15.5. The van der Waals surface area contributed by atoms with Gasteiger partial charge in [0.05, 0.1) is 15.4 Å². The second kappa shape index (κ2) is 8.48. The van der Waals surface area contributed by atoms with Gasteiger partial charge in [0, 0.05) is 48.0 Å². The molecule has 1 aliphatic rings. The summed E-state index contributed by atoms with van der Waals surface area (Å²) in [5, 5.41) is 14.2. The number of aromatic nitrogens is 1. The molecular formula is C21H22N4O5S. The smallest absolute Gasteiger partial charge is 0.270 e. The maximum absolute atomic E-state index is 13.0. The number of aromatic amines is 1. The molecule has 2 aromatic carbocycles.